The van der Waals surface area contributed by atoms with Gasteiger partial charge in [0.05, 0.1) is 16.7 Å². The Morgan fingerprint density at radius 2 is 2.40 bits per heavy atom. The lowest BCUT2D eigenvalue weighted by atomic mass is 10.1. The summed E-state index contributed by atoms with van der Waals surface area (Å²) in [5.41, 5.74) is 0.438. The molecule has 1 aliphatic heterocycles. The Balaban J connectivity index is 1.95. The first-order chi connectivity index (χ1) is 9.70. The fourth-order valence-corrected chi connectivity index (χ4v) is 2.35. The van der Waals surface area contributed by atoms with Gasteiger partial charge in [-0.15, -0.1) is 0 Å². The zero-order valence-corrected chi connectivity index (χ0v) is 12.4. The number of carbonyl (C=O) groups excluding carboxylic acids is 1. The van der Waals surface area contributed by atoms with Crippen LogP contribution >= 0.6 is 11.6 Å². The van der Waals surface area contributed by atoms with Gasteiger partial charge in [-0.25, -0.2) is 4.98 Å². The van der Waals surface area contributed by atoms with Gasteiger partial charge in [0.2, 0.25) is 0 Å². The highest BCUT2D eigenvalue weighted by Crippen LogP contribution is 2.18. The molecule has 1 aromatic heterocycles. The van der Waals surface area contributed by atoms with E-state index in [4.69, 9.17) is 16.3 Å². The van der Waals surface area contributed by atoms with Crippen LogP contribution in [0.25, 0.3) is 0 Å². The van der Waals surface area contributed by atoms with E-state index in [9.17, 15) is 4.79 Å². The molecular formula is C14H20ClN3O2. The number of carbonyl (C=O) groups is 1. The predicted molar refractivity (Wildman–Crippen MR) is 79.3 cm³/mol. The number of hydrogen-bond donors (Lipinski definition) is 2. The summed E-state index contributed by atoms with van der Waals surface area (Å²) < 4.78 is 5.58. The second-order valence-electron chi connectivity index (χ2n) is 4.78. The molecule has 0 bridgehead atoms. The van der Waals surface area contributed by atoms with E-state index in [1.165, 1.54) is 6.20 Å². The predicted octanol–water partition coefficient (Wildman–Crippen LogP) is 2.47. The van der Waals surface area contributed by atoms with Gasteiger partial charge in [-0.2, -0.15) is 0 Å². The van der Waals surface area contributed by atoms with Gasteiger partial charge < -0.3 is 15.4 Å². The number of rotatable bonds is 5. The van der Waals surface area contributed by atoms with E-state index in [0.717, 1.165) is 32.4 Å². The first-order valence-corrected chi connectivity index (χ1v) is 7.37. The van der Waals surface area contributed by atoms with Crippen LogP contribution in [0.1, 0.15) is 36.5 Å². The molecule has 2 rings (SSSR count). The van der Waals surface area contributed by atoms with Crippen LogP contribution in [-0.4, -0.2) is 36.7 Å². The van der Waals surface area contributed by atoms with E-state index in [1.54, 1.807) is 6.07 Å². The summed E-state index contributed by atoms with van der Waals surface area (Å²) in [6, 6.07) is 1.67. The number of nitrogens with one attached hydrogen (secondary N) is 2. The molecule has 2 heterocycles. The normalized spacial score (nSPS) is 18.6. The molecule has 1 saturated heterocycles. The number of halogens is 1. The molecule has 2 N–H and O–H groups in total. The molecule has 0 saturated carbocycles. The van der Waals surface area contributed by atoms with Crippen LogP contribution in [0.2, 0.25) is 5.02 Å². The van der Waals surface area contributed by atoms with Gasteiger partial charge in [-0.3, -0.25) is 4.79 Å². The molecular weight excluding hydrogens is 278 g/mol. The molecule has 1 unspecified atom stereocenters. The maximum atomic E-state index is 12.2. The molecule has 6 heteroatoms. The van der Waals surface area contributed by atoms with E-state index in [-0.39, 0.29) is 12.0 Å². The first kappa shape index (κ1) is 15.1. The van der Waals surface area contributed by atoms with Crippen molar-refractivity contribution < 1.29 is 9.53 Å². The van der Waals surface area contributed by atoms with Crippen LogP contribution in [0.3, 0.4) is 0 Å². The monoisotopic (exact) mass is 297 g/mol. The highest BCUT2D eigenvalue weighted by atomic mass is 35.5. The summed E-state index contributed by atoms with van der Waals surface area (Å²) in [4.78, 5) is 16.3. The molecule has 1 atom stereocenters. The largest absolute Gasteiger partial charge is 0.376 e. The van der Waals surface area contributed by atoms with E-state index < -0.39 is 0 Å². The SMILES string of the molecule is CCNc1cc(C(=O)NCC2CCCCO2)c(Cl)cn1. The number of hydrogen-bond acceptors (Lipinski definition) is 4. The number of anilines is 1. The maximum Gasteiger partial charge on any atom is 0.253 e. The van der Waals surface area contributed by atoms with Crippen molar-refractivity contribution in [1.82, 2.24) is 10.3 Å². The Labute approximate surface area is 124 Å². The summed E-state index contributed by atoms with van der Waals surface area (Å²) in [5.74, 6) is 0.460. The number of amides is 1. The highest BCUT2D eigenvalue weighted by molar-refractivity contribution is 6.33. The summed E-state index contributed by atoms with van der Waals surface area (Å²) in [6.07, 6.45) is 4.85. The molecule has 1 amide bonds. The summed E-state index contributed by atoms with van der Waals surface area (Å²) in [7, 11) is 0. The molecule has 1 aliphatic rings. The van der Waals surface area contributed by atoms with Crippen molar-refractivity contribution in [3.05, 3.63) is 22.8 Å². The molecule has 0 aromatic carbocycles. The molecule has 20 heavy (non-hydrogen) atoms. The zero-order valence-electron chi connectivity index (χ0n) is 11.6. The van der Waals surface area contributed by atoms with Gasteiger partial charge in [-0.1, -0.05) is 11.6 Å². The maximum absolute atomic E-state index is 12.2. The Morgan fingerprint density at radius 1 is 1.55 bits per heavy atom. The zero-order chi connectivity index (χ0) is 14.4. The van der Waals surface area contributed by atoms with Crippen LogP contribution in [0.4, 0.5) is 5.82 Å². The third kappa shape index (κ3) is 4.08. The average Bonchev–Trinajstić information content (AvgIpc) is 2.48. The van der Waals surface area contributed by atoms with Crippen molar-refractivity contribution in [2.75, 3.05) is 25.0 Å². The standard InChI is InChI=1S/C14H20ClN3O2/c1-2-16-13-7-11(12(15)9-17-13)14(19)18-8-10-5-3-4-6-20-10/h7,9-10H,2-6,8H2,1H3,(H,16,17)(H,18,19). The molecule has 1 fully saturated rings. The van der Waals surface area contributed by atoms with Crippen molar-refractivity contribution in [3.63, 3.8) is 0 Å². The van der Waals surface area contributed by atoms with Crippen LogP contribution in [0.5, 0.6) is 0 Å². The van der Waals surface area contributed by atoms with E-state index in [2.05, 4.69) is 15.6 Å². The minimum Gasteiger partial charge on any atom is -0.376 e. The van der Waals surface area contributed by atoms with Gasteiger partial charge >= 0.3 is 0 Å². The van der Waals surface area contributed by atoms with Crippen LogP contribution < -0.4 is 10.6 Å². The molecule has 110 valence electrons. The van der Waals surface area contributed by atoms with Crippen molar-refractivity contribution in [1.29, 1.82) is 0 Å². The van der Waals surface area contributed by atoms with Gasteiger partial charge in [0.1, 0.15) is 5.82 Å². The smallest absolute Gasteiger partial charge is 0.253 e. The Hall–Kier alpha value is -1.33. The molecule has 5 nitrogen and oxygen atoms in total. The molecule has 0 spiro atoms. The number of aromatic nitrogens is 1. The van der Waals surface area contributed by atoms with Crippen molar-refractivity contribution in [3.8, 4) is 0 Å². The topological polar surface area (TPSA) is 63.2 Å². The van der Waals surface area contributed by atoms with Crippen LogP contribution in [0.15, 0.2) is 12.3 Å². The lowest BCUT2D eigenvalue weighted by Crippen LogP contribution is -2.35. The van der Waals surface area contributed by atoms with E-state index >= 15 is 0 Å². The van der Waals surface area contributed by atoms with Gasteiger partial charge in [0.15, 0.2) is 0 Å². The van der Waals surface area contributed by atoms with Gasteiger partial charge in [0.25, 0.3) is 5.91 Å². The minimum absolute atomic E-state index is 0.113. The summed E-state index contributed by atoms with van der Waals surface area (Å²) in [6.45, 7) is 4.01. The number of ether oxygens (including phenoxy) is 1. The fourth-order valence-electron chi connectivity index (χ4n) is 2.16. The molecule has 0 radical (unpaired) electrons. The molecule has 1 aromatic rings. The van der Waals surface area contributed by atoms with Crippen molar-refractivity contribution >= 4 is 23.3 Å². The quantitative estimate of drug-likeness (QED) is 0.876. The van der Waals surface area contributed by atoms with E-state index in [0.29, 0.717) is 22.9 Å². The second kappa shape index (κ2) is 7.45. The van der Waals surface area contributed by atoms with Crippen LogP contribution in [-0.2, 0) is 4.74 Å². The number of pyridine rings is 1. The van der Waals surface area contributed by atoms with Crippen molar-refractivity contribution in [2.45, 2.75) is 32.3 Å². The van der Waals surface area contributed by atoms with Gasteiger partial charge in [-0.05, 0) is 32.3 Å². The second-order valence-corrected chi connectivity index (χ2v) is 5.19. The summed E-state index contributed by atoms with van der Waals surface area (Å²) >= 11 is 6.03. The van der Waals surface area contributed by atoms with E-state index in [1.807, 2.05) is 6.92 Å². The Kier molecular flexibility index (Phi) is 5.61. The Morgan fingerprint density at radius 3 is 3.10 bits per heavy atom. The lowest BCUT2D eigenvalue weighted by molar-refractivity contribution is 0.0169. The van der Waals surface area contributed by atoms with Crippen molar-refractivity contribution in [2.24, 2.45) is 0 Å². The minimum atomic E-state index is -0.189. The third-order valence-corrected chi connectivity index (χ3v) is 3.52. The summed E-state index contributed by atoms with van der Waals surface area (Å²) in [5, 5.41) is 6.29. The average molecular weight is 298 g/mol. The fraction of sp³-hybridized carbons (Fsp3) is 0.571. The molecule has 0 aliphatic carbocycles. The first-order valence-electron chi connectivity index (χ1n) is 7.00. The number of nitrogens with zero attached hydrogens (tertiary/aromatic N) is 1. The van der Waals surface area contributed by atoms with Crippen LogP contribution in [0, 0.1) is 0 Å². The lowest BCUT2D eigenvalue weighted by Gasteiger charge is -2.22. The Bertz CT molecular complexity index is 462. The van der Waals surface area contributed by atoms with Gasteiger partial charge in [0, 0.05) is 25.9 Å². The highest BCUT2D eigenvalue weighted by Gasteiger charge is 2.17. The third-order valence-electron chi connectivity index (χ3n) is 3.22.